The van der Waals surface area contributed by atoms with Crippen molar-refractivity contribution in [1.29, 1.82) is 0 Å². The number of nitrogens with zero attached hydrogens (tertiary/aromatic N) is 2. The Morgan fingerprint density at radius 3 is 2.70 bits per heavy atom. The molecule has 2 aliphatic heterocycles. The minimum absolute atomic E-state index is 0.0175. The lowest BCUT2D eigenvalue weighted by molar-refractivity contribution is -0.141. The van der Waals surface area contributed by atoms with Gasteiger partial charge in [0.05, 0.1) is 16.2 Å². The molecule has 3 heterocycles. The number of aliphatic carboxylic acids is 1. The molecule has 0 spiro atoms. The maximum absolute atomic E-state index is 12.5. The molecule has 0 bridgehead atoms. The Kier molecular flexibility index (Phi) is 3.22. The Morgan fingerprint density at radius 1 is 1.43 bits per heavy atom. The number of pyridine rings is 1. The number of carboxylic acid groups (broad SMARTS) is 1. The average Bonchev–Trinajstić information content (AvgIpc) is 2.51. The van der Waals surface area contributed by atoms with Crippen LogP contribution in [-0.2, 0) is 19.4 Å². The van der Waals surface area contributed by atoms with Gasteiger partial charge in [-0.25, -0.2) is 13.2 Å². The van der Waals surface area contributed by atoms with Crippen LogP contribution in [0.4, 0.5) is 0 Å². The lowest BCUT2D eigenvalue weighted by Gasteiger charge is -2.45. The molecule has 3 rings (SSSR count). The number of aromatic nitrogens is 1. The highest BCUT2D eigenvalue weighted by molar-refractivity contribution is 7.96. The van der Waals surface area contributed by atoms with Crippen LogP contribution >= 0.6 is 0 Å². The van der Waals surface area contributed by atoms with E-state index < -0.39 is 27.1 Å². The number of hydrogen-bond acceptors (Lipinski definition) is 5. The summed E-state index contributed by atoms with van der Waals surface area (Å²) in [5.74, 6) is -2.03. The van der Waals surface area contributed by atoms with Crippen LogP contribution in [0.1, 0.15) is 12.6 Å². The molecule has 118 valence electrons. The number of β-lactam (4-membered cyclic amide) rings is 1. The van der Waals surface area contributed by atoms with Crippen LogP contribution in [0, 0.1) is 0 Å². The molecule has 1 atom stereocenters. The van der Waals surface area contributed by atoms with Crippen molar-refractivity contribution in [3.05, 3.63) is 58.4 Å². The molecule has 1 N–H and O–H groups in total. The molecule has 0 unspecified atom stereocenters. The smallest absolute Gasteiger partial charge is 0.352 e. The number of carbonyl (C=O) groups excluding carboxylic acids is 1. The second-order valence-corrected chi connectivity index (χ2v) is 7.16. The Labute approximate surface area is 132 Å². The summed E-state index contributed by atoms with van der Waals surface area (Å²) in [7, 11) is -3.93. The number of sulfone groups is 1. The largest absolute Gasteiger partial charge is 0.477 e. The number of hydrogen-bond donors (Lipinski definition) is 1. The van der Waals surface area contributed by atoms with Gasteiger partial charge in [0.2, 0.25) is 9.84 Å². The summed E-state index contributed by atoms with van der Waals surface area (Å²) in [6, 6.07) is 5.00. The lowest BCUT2D eigenvalue weighted by atomic mass is 10.0. The molecule has 1 fully saturated rings. The Bertz CT molecular complexity index is 912. The van der Waals surface area contributed by atoms with Gasteiger partial charge in [-0.1, -0.05) is 12.6 Å². The van der Waals surface area contributed by atoms with Crippen molar-refractivity contribution < 1.29 is 23.1 Å². The van der Waals surface area contributed by atoms with Gasteiger partial charge >= 0.3 is 5.97 Å². The van der Waals surface area contributed by atoms with E-state index in [1.165, 1.54) is 19.2 Å². The molecule has 1 aromatic heterocycles. The Morgan fingerprint density at radius 2 is 2.13 bits per heavy atom. The number of fused-ring (bicyclic) bond motifs is 1. The highest BCUT2D eigenvalue weighted by Gasteiger charge is 2.57. The minimum Gasteiger partial charge on any atom is -0.477 e. The van der Waals surface area contributed by atoms with Gasteiger partial charge in [-0.05, 0) is 30.7 Å². The van der Waals surface area contributed by atoms with Gasteiger partial charge in [-0.3, -0.25) is 14.7 Å². The van der Waals surface area contributed by atoms with Gasteiger partial charge in [0.25, 0.3) is 5.91 Å². The van der Waals surface area contributed by atoms with E-state index in [-0.39, 0.29) is 21.7 Å². The van der Waals surface area contributed by atoms with Crippen molar-refractivity contribution in [2.45, 2.75) is 12.3 Å². The third-order valence-corrected chi connectivity index (χ3v) is 5.86. The summed E-state index contributed by atoms with van der Waals surface area (Å²) >= 11 is 0. The zero-order valence-electron chi connectivity index (χ0n) is 12.1. The fraction of sp³-hybridized carbons (Fsp3) is 0.133. The molecule has 1 saturated heterocycles. The first kappa shape index (κ1) is 15.2. The first-order valence-corrected chi connectivity index (χ1v) is 8.15. The molecular formula is C15H12N2O5S. The summed E-state index contributed by atoms with van der Waals surface area (Å²) in [6.07, 6.45) is 2.86. The van der Waals surface area contributed by atoms with Crippen LogP contribution in [0.15, 0.2) is 52.7 Å². The fourth-order valence-corrected chi connectivity index (χ4v) is 4.40. The number of carboxylic acids is 1. The molecule has 7 nitrogen and oxygen atoms in total. The molecule has 23 heavy (non-hydrogen) atoms. The number of rotatable bonds is 2. The van der Waals surface area contributed by atoms with Gasteiger partial charge in [0.15, 0.2) is 5.37 Å². The van der Waals surface area contributed by atoms with Gasteiger partial charge in [-0.15, -0.1) is 0 Å². The van der Waals surface area contributed by atoms with Crippen molar-refractivity contribution in [2.75, 3.05) is 0 Å². The Balaban J connectivity index is 2.17. The zero-order valence-corrected chi connectivity index (χ0v) is 12.9. The van der Waals surface area contributed by atoms with Crippen molar-refractivity contribution in [2.24, 2.45) is 0 Å². The monoisotopic (exact) mass is 332 g/mol. The van der Waals surface area contributed by atoms with Crippen molar-refractivity contribution in [3.8, 4) is 0 Å². The predicted octanol–water partition coefficient (Wildman–Crippen LogP) is 0.934. The maximum atomic E-state index is 12.5. The van der Waals surface area contributed by atoms with E-state index in [4.69, 9.17) is 0 Å². The van der Waals surface area contributed by atoms with Crippen LogP contribution in [0.25, 0.3) is 6.08 Å². The maximum Gasteiger partial charge on any atom is 0.352 e. The van der Waals surface area contributed by atoms with E-state index in [1.54, 1.807) is 18.2 Å². The summed E-state index contributed by atoms with van der Waals surface area (Å²) in [6.45, 7) is 4.80. The minimum atomic E-state index is -3.93. The van der Waals surface area contributed by atoms with E-state index >= 15 is 0 Å². The third-order valence-electron chi connectivity index (χ3n) is 3.81. The Hall–Kier alpha value is -2.74. The molecule has 0 aliphatic carbocycles. The third kappa shape index (κ3) is 2.02. The summed E-state index contributed by atoms with van der Waals surface area (Å²) < 4.78 is 25.0. The number of allylic oxidation sites excluding steroid dienone is 1. The van der Waals surface area contributed by atoms with E-state index in [0.717, 1.165) is 4.90 Å². The van der Waals surface area contributed by atoms with E-state index in [0.29, 0.717) is 5.69 Å². The first-order valence-electron chi connectivity index (χ1n) is 6.60. The fourth-order valence-electron chi connectivity index (χ4n) is 2.63. The average molecular weight is 332 g/mol. The summed E-state index contributed by atoms with van der Waals surface area (Å²) in [5.41, 5.74) is 0.0209. The van der Waals surface area contributed by atoms with E-state index in [1.807, 2.05) is 0 Å². The van der Waals surface area contributed by atoms with E-state index in [2.05, 4.69) is 11.6 Å². The predicted molar refractivity (Wildman–Crippen MR) is 81.2 cm³/mol. The first-order chi connectivity index (χ1) is 10.8. The molecule has 0 aromatic carbocycles. The van der Waals surface area contributed by atoms with E-state index in [9.17, 15) is 23.1 Å². The highest BCUT2D eigenvalue weighted by atomic mass is 32.2. The lowest BCUT2D eigenvalue weighted by Crippen LogP contribution is -2.61. The molecule has 2 aliphatic rings. The SMILES string of the molecule is C=C1C(C)=C(C(=O)O)N2C(=O)/C(=C/c3ccccn3)[C@H]2S1(=O)=O. The van der Waals surface area contributed by atoms with Crippen molar-refractivity contribution in [1.82, 2.24) is 9.88 Å². The molecule has 0 radical (unpaired) electrons. The van der Waals surface area contributed by atoms with Crippen molar-refractivity contribution >= 4 is 27.8 Å². The van der Waals surface area contributed by atoms with Crippen LogP contribution in [0.3, 0.4) is 0 Å². The highest BCUT2D eigenvalue weighted by Crippen LogP contribution is 2.44. The van der Waals surface area contributed by atoms with Crippen LogP contribution in [-0.4, -0.2) is 40.7 Å². The zero-order chi connectivity index (χ0) is 16.9. The van der Waals surface area contributed by atoms with Gasteiger partial charge in [0, 0.05) is 6.20 Å². The summed E-state index contributed by atoms with van der Waals surface area (Å²) in [4.78, 5) is 28.2. The second-order valence-electron chi connectivity index (χ2n) is 5.13. The number of amides is 1. The molecule has 1 amide bonds. The van der Waals surface area contributed by atoms with Gasteiger partial charge in [0.1, 0.15) is 5.70 Å². The van der Waals surface area contributed by atoms with Gasteiger partial charge < -0.3 is 5.11 Å². The van der Waals surface area contributed by atoms with Gasteiger partial charge in [-0.2, -0.15) is 0 Å². The van der Waals surface area contributed by atoms with Crippen LogP contribution in [0.2, 0.25) is 0 Å². The van der Waals surface area contributed by atoms with Crippen LogP contribution < -0.4 is 0 Å². The number of carbonyl (C=O) groups is 2. The normalized spacial score (nSPS) is 24.5. The van der Waals surface area contributed by atoms with Crippen molar-refractivity contribution in [3.63, 3.8) is 0 Å². The topological polar surface area (TPSA) is 105 Å². The van der Waals surface area contributed by atoms with Crippen LogP contribution in [0.5, 0.6) is 0 Å². The summed E-state index contributed by atoms with van der Waals surface area (Å²) in [5, 5.41) is 7.93. The molecular weight excluding hydrogens is 320 g/mol. The quantitative estimate of drug-likeness (QED) is 0.638. The molecule has 1 aromatic rings. The second kappa shape index (κ2) is 4.88. The molecule has 0 saturated carbocycles. The standard InChI is InChI=1S/C15H12N2O5S/c1-8-9(2)23(21,22)14-11(7-10-5-3-4-6-16-10)13(18)17(14)12(8)15(19)20/h3-7,14H,2H2,1H3,(H,19,20)/b11-7-/t14-/m1/s1. The molecule has 8 heteroatoms.